The highest BCUT2D eigenvalue weighted by atomic mass is 35.5. The van der Waals surface area contributed by atoms with Crippen molar-refractivity contribution >= 4 is 34.5 Å². The van der Waals surface area contributed by atoms with E-state index in [0.29, 0.717) is 4.34 Å². The molecule has 1 atom stereocenters. The van der Waals surface area contributed by atoms with Crippen molar-refractivity contribution in [1.82, 2.24) is 15.1 Å². The molecule has 0 saturated carbocycles. The van der Waals surface area contributed by atoms with Gasteiger partial charge in [0, 0.05) is 18.8 Å². The molecule has 98 valence electrons. The molecule has 0 fully saturated rings. The molecule has 2 aromatic heterocycles. The second-order valence-electron chi connectivity index (χ2n) is 4.08. The monoisotopic (exact) mass is 303 g/mol. The molecule has 0 amide bonds. The summed E-state index contributed by atoms with van der Waals surface area (Å²) in [5.74, 6) is 0. The number of aromatic nitrogens is 2. The Bertz CT molecular complexity index is 521. The largest absolute Gasteiger partial charge is 0.305 e. The van der Waals surface area contributed by atoms with E-state index in [4.69, 9.17) is 23.2 Å². The third-order valence-corrected chi connectivity index (χ3v) is 4.14. The highest BCUT2D eigenvalue weighted by Crippen LogP contribution is 2.37. The van der Waals surface area contributed by atoms with Gasteiger partial charge in [-0.1, -0.05) is 30.1 Å². The second kappa shape index (κ2) is 6.06. The maximum Gasteiger partial charge on any atom is 0.0996 e. The van der Waals surface area contributed by atoms with Gasteiger partial charge in [0.15, 0.2) is 0 Å². The average Bonchev–Trinajstić information content (AvgIpc) is 2.87. The van der Waals surface area contributed by atoms with Gasteiger partial charge in [0.2, 0.25) is 0 Å². The summed E-state index contributed by atoms with van der Waals surface area (Å²) in [5, 5.41) is 7.90. The normalized spacial score (nSPS) is 12.9. The lowest BCUT2D eigenvalue weighted by molar-refractivity contribution is 0.577. The Morgan fingerprint density at radius 2 is 2.28 bits per heavy atom. The van der Waals surface area contributed by atoms with Crippen LogP contribution < -0.4 is 5.32 Å². The van der Waals surface area contributed by atoms with Gasteiger partial charge in [-0.05, 0) is 25.1 Å². The standard InChI is InChI=1S/C12H15Cl2N3S/c1-3-5-15-11(9-4-6-17(2)16-9)8-7-10(13)18-12(8)14/h4,6-7,11,15H,3,5H2,1-2H3. The molecule has 18 heavy (non-hydrogen) atoms. The zero-order valence-electron chi connectivity index (χ0n) is 10.3. The van der Waals surface area contributed by atoms with E-state index in [2.05, 4.69) is 17.3 Å². The van der Waals surface area contributed by atoms with E-state index in [1.807, 2.05) is 25.4 Å². The Morgan fingerprint density at radius 1 is 1.50 bits per heavy atom. The smallest absolute Gasteiger partial charge is 0.0996 e. The lowest BCUT2D eigenvalue weighted by atomic mass is 10.1. The summed E-state index contributed by atoms with van der Waals surface area (Å²) >= 11 is 13.6. The van der Waals surface area contributed by atoms with Gasteiger partial charge < -0.3 is 5.32 Å². The van der Waals surface area contributed by atoms with Crippen molar-refractivity contribution in [1.29, 1.82) is 0 Å². The minimum Gasteiger partial charge on any atom is -0.305 e. The van der Waals surface area contributed by atoms with Gasteiger partial charge in [0.25, 0.3) is 0 Å². The Kier molecular flexibility index (Phi) is 4.67. The van der Waals surface area contributed by atoms with Crippen molar-refractivity contribution in [3.8, 4) is 0 Å². The SMILES string of the molecule is CCCNC(c1ccn(C)n1)c1cc(Cl)sc1Cl. The Morgan fingerprint density at radius 3 is 2.78 bits per heavy atom. The van der Waals surface area contributed by atoms with Gasteiger partial charge in [-0.25, -0.2) is 0 Å². The predicted octanol–water partition coefficient (Wildman–Crippen LogP) is 3.88. The van der Waals surface area contributed by atoms with Gasteiger partial charge in [-0.3, -0.25) is 4.68 Å². The number of aryl methyl sites for hydroxylation is 1. The molecule has 0 spiro atoms. The van der Waals surface area contributed by atoms with Gasteiger partial charge >= 0.3 is 0 Å². The third-order valence-electron chi connectivity index (χ3n) is 2.62. The van der Waals surface area contributed by atoms with Crippen LogP contribution in [-0.4, -0.2) is 16.3 Å². The van der Waals surface area contributed by atoms with Crippen LogP contribution >= 0.6 is 34.5 Å². The number of halogens is 2. The van der Waals surface area contributed by atoms with Gasteiger partial charge in [-0.15, -0.1) is 11.3 Å². The summed E-state index contributed by atoms with van der Waals surface area (Å²) in [5.41, 5.74) is 1.96. The molecule has 3 nitrogen and oxygen atoms in total. The summed E-state index contributed by atoms with van der Waals surface area (Å²) in [7, 11) is 1.91. The van der Waals surface area contributed by atoms with Crippen molar-refractivity contribution in [2.75, 3.05) is 6.54 Å². The fourth-order valence-corrected chi connectivity index (χ4v) is 3.33. The molecular formula is C12H15Cl2N3S. The van der Waals surface area contributed by atoms with Gasteiger partial charge in [0.1, 0.15) is 0 Å². The van der Waals surface area contributed by atoms with Crippen LogP contribution in [0.4, 0.5) is 0 Å². The Balaban J connectivity index is 2.33. The summed E-state index contributed by atoms with van der Waals surface area (Å²) in [6.45, 7) is 3.04. The number of hydrogen-bond acceptors (Lipinski definition) is 3. The molecule has 6 heteroatoms. The molecule has 0 aliphatic heterocycles. The van der Waals surface area contributed by atoms with Crippen LogP contribution in [0.3, 0.4) is 0 Å². The Hall–Kier alpha value is -0.550. The first-order chi connectivity index (χ1) is 8.61. The number of hydrogen-bond donors (Lipinski definition) is 1. The Labute approximate surface area is 121 Å². The zero-order chi connectivity index (χ0) is 13.1. The van der Waals surface area contributed by atoms with Crippen molar-refractivity contribution < 1.29 is 0 Å². The summed E-state index contributed by atoms with van der Waals surface area (Å²) < 4.78 is 3.21. The van der Waals surface area contributed by atoms with Crippen molar-refractivity contribution in [3.05, 3.63) is 38.3 Å². The van der Waals surface area contributed by atoms with Crippen molar-refractivity contribution in [3.63, 3.8) is 0 Å². The molecule has 0 aliphatic rings. The van der Waals surface area contributed by atoms with Crippen LogP contribution in [0, 0.1) is 0 Å². The molecule has 0 saturated heterocycles. The summed E-state index contributed by atoms with van der Waals surface area (Å²) in [6.07, 6.45) is 2.98. The highest BCUT2D eigenvalue weighted by Gasteiger charge is 2.20. The molecule has 2 aromatic rings. The molecule has 1 N–H and O–H groups in total. The number of thiophene rings is 1. The van der Waals surface area contributed by atoms with Crippen LogP contribution in [0.15, 0.2) is 18.3 Å². The van der Waals surface area contributed by atoms with E-state index in [0.717, 1.165) is 28.6 Å². The molecule has 1 unspecified atom stereocenters. The topological polar surface area (TPSA) is 29.9 Å². The zero-order valence-corrected chi connectivity index (χ0v) is 12.6. The summed E-state index contributed by atoms with van der Waals surface area (Å²) in [6, 6.07) is 3.91. The molecule has 0 bridgehead atoms. The maximum atomic E-state index is 6.23. The fourth-order valence-electron chi connectivity index (χ4n) is 1.80. The third kappa shape index (κ3) is 3.06. The minimum absolute atomic E-state index is 0.00222. The van der Waals surface area contributed by atoms with E-state index < -0.39 is 0 Å². The first-order valence-electron chi connectivity index (χ1n) is 5.79. The van der Waals surface area contributed by atoms with E-state index in [-0.39, 0.29) is 6.04 Å². The quantitative estimate of drug-likeness (QED) is 0.908. The maximum absolute atomic E-state index is 6.23. The number of rotatable bonds is 5. The molecule has 0 radical (unpaired) electrons. The van der Waals surface area contributed by atoms with E-state index in [1.165, 1.54) is 11.3 Å². The van der Waals surface area contributed by atoms with E-state index >= 15 is 0 Å². The molecule has 0 aliphatic carbocycles. The van der Waals surface area contributed by atoms with Crippen LogP contribution in [0.25, 0.3) is 0 Å². The molecule has 2 heterocycles. The van der Waals surface area contributed by atoms with Crippen LogP contribution in [0.5, 0.6) is 0 Å². The lowest BCUT2D eigenvalue weighted by Crippen LogP contribution is -2.23. The average molecular weight is 304 g/mol. The van der Waals surface area contributed by atoms with Crippen LogP contribution in [-0.2, 0) is 7.05 Å². The van der Waals surface area contributed by atoms with E-state index in [1.54, 1.807) is 4.68 Å². The molecular weight excluding hydrogens is 289 g/mol. The fraction of sp³-hybridized carbons (Fsp3) is 0.417. The number of nitrogens with one attached hydrogen (secondary N) is 1. The highest BCUT2D eigenvalue weighted by molar-refractivity contribution is 7.20. The molecule has 0 aromatic carbocycles. The minimum atomic E-state index is 0.00222. The van der Waals surface area contributed by atoms with Gasteiger partial charge in [0.05, 0.1) is 20.4 Å². The van der Waals surface area contributed by atoms with Crippen molar-refractivity contribution in [2.45, 2.75) is 19.4 Å². The lowest BCUT2D eigenvalue weighted by Gasteiger charge is -2.15. The first kappa shape index (κ1) is 13.9. The number of nitrogens with zero attached hydrogens (tertiary/aromatic N) is 2. The first-order valence-corrected chi connectivity index (χ1v) is 7.36. The van der Waals surface area contributed by atoms with Crippen molar-refractivity contribution in [2.24, 2.45) is 7.05 Å². The van der Waals surface area contributed by atoms with E-state index in [9.17, 15) is 0 Å². The van der Waals surface area contributed by atoms with Crippen LogP contribution in [0.1, 0.15) is 30.6 Å². The van der Waals surface area contributed by atoms with Crippen LogP contribution in [0.2, 0.25) is 8.67 Å². The van der Waals surface area contributed by atoms with Gasteiger partial charge in [-0.2, -0.15) is 5.10 Å². The molecule has 2 rings (SSSR count). The second-order valence-corrected chi connectivity index (χ2v) is 6.37. The summed E-state index contributed by atoms with van der Waals surface area (Å²) in [4.78, 5) is 0. The predicted molar refractivity (Wildman–Crippen MR) is 77.7 cm³/mol.